The molecule has 6 fully saturated rings. The van der Waals surface area contributed by atoms with Crippen LogP contribution >= 0.6 is 22.6 Å². The molecular formula is C35H31I. The van der Waals surface area contributed by atoms with Gasteiger partial charge in [0.15, 0.2) is 0 Å². The normalized spacial score (nSPS) is 33.1. The largest absolute Gasteiger partial charge is 0.0590 e. The maximum absolute atomic E-state index is 2.41. The number of hydrogen-bond donors (Lipinski definition) is 0. The summed E-state index contributed by atoms with van der Waals surface area (Å²) in [5.74, 6) is 0. The van der Waals surface area contributed by atoms with Crippen molar-refractivity contribution in [2.24, 2.45) is 0 Å². The maximum Gasteiger partial charge on any atom is 0.0130 e. The van der Waals surface area contributed by atoms with Gasteiger partial charge in [0.1, 0.15) is 0 Å². The molecule has 0 N–H and O–H groups in total. The summed E-state index contributed by atoms with van der Waals surface area (Å²) in [6.45, 7) is 2.18. The van der Waals surface area contributed by atoms with Crippen LogP contribution in [0.3, 0.4) is 0 Å². The van der Waals surface area contributed by atoms with E-state index in [0.29, 0.717) is 21.7 Å². The molecule has 0 heterocycles. The number of aryl methyl sites for hydroxylation is 1. The van der Waals surface area contributed by atoms with E-state index in [2.05, 4.69) is 127 Å². The molecule has 10 rings (SSSR count). The highest BCUT2D eigenvalue weighted by Crippen LogP contribution is 2.74. The molecule has 6 aliphatic rings. The van der Waals surface area contributed by atoms with E-state index in [9.17, 15) is 0 Å². The molecule has 4 bridgehead atoms. The lowest BCUT2D eigenvalue weighted by Gasteiger charge is -2.71. The van der Waals surface area contributed by atoms with E-state index < -0.39 is 0 Å². The molecule has 0 aliphatic heterocycles. The first-order valence-corrected chi connectivity index (χ1v) is 14.5. The van der Waals surface area contributed by atoms with Gasteiger partial charge in [-0.3, -0.25) is 0 Å². The fourth-order valence-electron chi connectivity index (χ4n) is 8.54. The molecule has 6 aliphatic carbocycles. The SMILES string of the molecule is Cc1ccc(C23CC(c4ccc(-c5ccc(C67CC(c8ccc(I)cc8)(C6)C7)cc5)cc4)(C2)C3)cc1. The zero-order valence-corrected chi connectivity index (χ0v) is 23.0. The van der Waals surface area contributed by atoms with Gasteiger partial charge in [0.2, 0.25) is 0 Å². The Morgan fingerprint density at radius 3 is 1.03 bits per heavy atom. The van der Waals surface area contributed by atoms with Crippen molar-refractivity contribution in [2.45, 2.75) is 67.1 Å². The number of rotatable bonds is 5. The van der Waals surface area contributed by atoms with Crippen molar-refractivity contribution in [3.63, 3.8) is 0 Å². The van der Waals surface area contributed by atoms with Crippen molar-refractivity contribution in [3.8, 4) is 11.1 Å². The molecule has 0 nitrogen and oxygen atoms in total. The number of halogens is 1. The molecule has 0 radical (unpaired) electrons. The van der Waals surface area contributed by atoms with Crippen LogP contribution in [-0.2, 0) is 21.7 Å². The van der Waals surface area contributed by atoms with Crippen LogP contribution in [0.15, 0.2) is 97.1 Å². The highest BCUT2D eigenvalue weighted by atomic mass is 127. The van der Waals surface area contributed by atoms with E-state index in [1.54, 1.807) is 22.3 Å². The summed E-state index contributed by atoms with van der Waals surface area (Å²) < 4.78 is 1.33. The fourth-order valence-corrected chi connectivity index (χ4v) is 8.90. The molecule has 36 heavy (non-hydrogen) atoms. The molecule has 0 aromatic heterocycles. The second kappa shape index (κ2) is 7.13. The van der Waals surface area contributed by atoms with Gasteiger partial charge in [-0.2, -0.15) is 0 Å². The fraction of sp³-hybridized carbons (Fsp3) is 0.314. The Bertz CT molecular complexity index is 1320. The first-order chi connectivity index (χ1) is 17.4. The lowest BCUT2D eigenvalue weighted by Crippen LogP contribution is -2.67. The number of hydrogen-bond acceptors (Lipinski definition) is 0. The lowest BCUT2D eigenvalue weighted by molar-refractivity contribution is -0.0694. The van der Waals surface area contributed by atoms with Crippen LogP contribution in [0.1, 0.15) is 66.3 Å². The molecule has 178 valence electrons. The first kappa shape index (κ1) is 21.7. The van der Waals surface area contributed by atoms with Crippen LogP contribution in [0.4, 0.5) is 0 Å². The van der Waals surface area contributed by atoms with Gasteiger partial charge < -0.3 is 0 Å². The molecule has 4 aromatic carbocycles. The van der Waals surface area contributed by atoms with Crippen LogP contribution in [0.2, 0.25) is 0 Å². The Kier molecular flexibility index (Phi) is 4.29. The molecule has 4 aromatic rings. The zero-order valence-electron chi connectivity index (χ0n) is 20.9. The molecule has 6 saturated carbocycles. The molecule has 0 saturated heterocycles. The van der Waals surface area contributed by atoms with Gasteiger partial charge in [-0.25, -0.2) is 0 Å². The van der Waals surface area contributed by atoms with E-state index in [4.69, 9.17) is 0 Å². The minimum atomic E-state index is 0.433. The average Bonchev–Trinajstić information content (AvgIpc) is 2.79. The highest BCUT2D eigenvalue weighted by molar-refractivity contribution is 14.1. The predicted octanol–water partition coefficient (Wildman–Crippen LogP) is 9.01. The Labute approximate surface area is 228 Å². The second-order valence-electron chi connectivity index (χ2n) is 12.7. The van der Waals surface area contributed by atoms with Crippen LogP contribution in [0, 0.1) is 10.5 Å². The van der Waals surface area contributed by atoms with Crippen molar-refractivity contribution < 1.29 is 0 Å². The lowest BCUT2D eigenvalue weighted by atomic mass is 9.32. The van der Waals surface area contributed by atoms with Crippen LogP contribution in [0.25, 0.3) is 11.1 Å². The maximum atomic E-state index is 2.41. The van der Waals surface area contributed by atoms with E-state index in [1.807, 2.05) is 0 Å². The summed E-state index contributed by atoms with van der Waals surface area (Å²) in [7, 11) is 0. The summed E-state index contributed by atoms with van der Waals surface area (Å²) in [6, 6.07) is 37.6. The molecule has 0 spiro atoms. The smallest absolute Gasteiger partial charge is 0.0130 e. The second-order valence-corrected chi connectivity index (χ2v) is 14.0. The topological polar surface area (TPSA) is 0 Å². The van der Waals surface area contributed by atoms with Crippen LogP contribution in [0.5, 0.6) is 0 Å². The third-order valence-electron chi connectivity index (χ3n) is 10.5. The Balaban J connectivity index is 0.944. The Hall–Kier alpha value is -2.39. The minimum Gasteiger partial charge on any atom is -0.0590 e. The van der Waals surface area contributed by atoms with Crippen molar-refractivity contribution in [1.82, 2.24) is 0 Å². The van der Waals surface area contributed by atoms with Gasteiger partial charge >= 0.3 is 0 Å². The summed E-state index contributed by atoms with van der Waals surface area (Å²) in [5, 5.41) is 0. The van der Waals surface area contributed by atoms with Gasteiger partial charge in [0.25, 0.3) is 0 Å². The Morgan fingerprint density at radius 1 is 0.417 bits per heavy atom. The quantitative estimate of drug-likeness (QED) is 0.207. The van der Waals surface area contributed by atoms with Crippen molar-refractivity contribution in [1.29, 1.82) is 0 Å². The first-order valence-electron chi connectivity index (χ1n) is 13.5. The molecular weight excluding hydrogens is 547 g/mol. The molecule has 1 heteroatoms. The van der Waals surface area contributed by atoms with E-state index >= 15 is 0 Å². The third-order valence-corrected chi connectivity index (χ3v) is 11.2. The van der Waals surface area contributed by atoms with Crippen LogP contribution in [-0.4, -0.2) is 0 Å². The zero-order chi connectivity index (χ0) is 24.2. The number of benzene rings is 4. The monoisotopic (exact) mass is 578 g/mol. The van der Waals surface area contributed by atoms with Crippen molar-refractivity contribution in [3.05, 3.63) is 128 Å². The molecule has 0 amide bonds. The standard InChI is InChI=1S/C35H31I/c1-24-2-8-27(9-3-24)32-18-33(19-32,20-32)28-10-4-25(5-11-28)26-6-12-29(13-7-26)34-21-35(22-34,23-34)30-14-16-31(36)17-15-30/h2-17H,18-23H2,1H3. The van der Waals surface area contributed by atoms with E-state index in [0.717, 1.165) is 0 Å². The summed E-state index contributed by atoms with van der Waals surface area (Å²) in [5.41, 5.74) is 12.0. The van der Waals surface area contributed by atoms with Crippen molar-refractivity contribution in [2.75, 3.05) is 0 Å². The Morgan fingerprint density at radius 2 is 0.694 bits per heavy atom. The van der Waals surface area contributed by atoms with E-state index in [1.165, 1.54) is 58.8 Å². The van der Waals surface area contributed by atoms with Gasteiger partial charge in [-0.05, 0) is 135 Å². The van der Waals surface area contributed by atoms with Crippen LogP contribution < -0.4 is 0 Å². The summed E-state index contributed by atoms with van der Waals surface area (Å²) in [6.07, 6.45) is 7.93. The van der Waals surface area contributed by atoms with E-state index in [-0.39, 0.29) is 0 Å². The van der Waals surface area contributed by atoms with Gasteiger partial charge in [0.05, 0.1) is 0 Å². The van der Waals surface area contributed by atoms with Crippen molar-refractivity contribution >= 4 is 22.6 Å². The summed E-state index contributed by atoms with van der Waals surface area (Å²) >= 11 is 2.40. The minimum absolute atomic E-state index is 0.433. The average molecular weight is 579 g/mol. The summed E-state index contributed by atoms with van der Waals surface area (Å²) in [4.78, 5) is 0. The van der Waals surface area contributed by atoms with Gasteiger partial charge in [-0.15, -0.1) is 0 Å². The third kappa shape index (κ3) is 2.87. The van der Waals surface area contributed by atoms with Gasteiger partial charge in [-0.1, -0.05) is 90.5 Å². The molecule has 0 atom stereocenters. The van der Waals surface area contributed by atoms with Gasteiger partial charge in [0, 0.05) is 3.57 Å². The predicted molar refractivity (Wildman–Crippen MR) is 157 cm³/mol. The molecule has 0 unspecified atom stereocenters. The highest BCUT2D eigenvalue weighted by Gasteiger charge is 2.69.